The number of nitrogens with zero attached hydrogens (tertiary/aromatic N) is 2. The molecule has 2 aromatic carbocycles. The summed E-state index contributed by atoms with van der Waals surface area (Å²) in [5, 5.41) is 22.6. The number of aldehydes is 1. The summed E-state index contributed by atoms with van der Waals surface area (Å²) >= 11 is 0. The van der Waals surface area contributed by atoms with Gasteiger partial charge in [-0.1, -0.05) is 36.1 Å². The zero-order valence-corrected chi connectivity index (χ0v) is 21.3. The van der Waals surface area contributed by atoms with Gasteiger partial charge >= 0.3 is 0 Å². The lowest BCUT2D eigenvalue weighted by atomic mass is 9.92. The average molecular weight is 505 g/mol. The van der Waals surface area contributed by atoms with Crippen molar-refractivity contribution in [3.63, 3.8) is 0 Å². The first-order valence-electron chi connectivity index (χ1n) is 12.5. The van der Waals surface area contributed by atoms with Gasteiger partial charge in [-0.3, -0.25) is 9.69 Å². The second kappa shape index (κ2) is 14.9. The summed E-state index contributed by atoms with van der Waals surface area (Å²) in [6, 6.07) is 16.1. The molecule has 2 atom stereocenters. The van der Waals surface area contributed by atoms with Gasteiger partial charge in [-0.25, -0.2) is 4.99 Å². The molecule has 1 saturated heterocycles. The number of nitrogens with one attached hydrogen (secondary N) is 1. The van der Waals surface area contributed by atoms with Crippen LogP contribution in [0.1, 0.15) is 41.5 Å². The largest absolute Gasteiger partial charge is 0.503 e. The van der Waals surface area contributed by atoms with Crippen LogP contribution in [0, 0.1) is 11.8 Å². The van der Waals surface area contributed by atoms with Crippen LogP contribution in [0.25, 0.3) is 0 Å². The van der Waals surface area contributed by atoms with E-state index in [2.05, 4.69) is 39.2 Å². The lowest BCUT2D eigenvalue weighted by Crippen LogP contribution is -2.35. The fourth-order valence-electron chi connectivity index (χ4n) is 4.02. The summed E-state index contributed by atoms with van der Waals surface area (Å²) in [6.45, 7) is 6.82. The fraction of sp³-hybridized carbons (Fsp3) is 0.379. The molecule has 1 aliphatic rings. The molecular weight excluding hydrogens is 468 g/mol. The van der Waals surface area contributed by atoms with E-state index in [0.717, 1.165) is 55.9 Å². The molecule has 0 radical (unpaired) electrons. The molecule has 1 heterocycles. The van der Waals surface area contributed by atoms with E-state index >= 15 is 0 Å². The number of benzene rings is 2. The second-order valence-corrected chi connectivity index (χ2v) is 9.08. The third-order valence-electron chi connectivity index (χ3n) is 6.26. The van der Waals surface area contributed by atoms with E-state index in [-0.39, 0.29) is 24.3 Å². The van der Waals surface area contributed by atoms with Gasteiger partial charge in [0.15, 0.2) is 12.0 Å². The van der Waals surface area contributed by atoms with E-state index in [9.17, 15) is 15.0 Å². The van der Waals surface area contributed by atoms with Crippen molar-refractivity contribution >= 4 is 12.6 Å². The SMILES string of the molecule is C[C@@H](CO)NCC(C/C(N=CN)=C(\O)C=O)c1ccc(C#Cc2ccc(CN3CCOCC3)cc2)cc1. The van der Waals surface area contributed by atoms with Crippen molar-refractivity contribution < 1.29 is 19.7 Å². The van der Waals surface area contributed by atoms with Crippen LogP contribution in [0.15, 0.2) is 65.0 Å². The van der Waals surface area contributed by atoms with Gasteiger partial charge in [0.05, 0.1) is 31.9 Å². The van der Waals surface area contributed by atoms with Crippen molar-refractivity contribution in [3.05, 3.63) is 82.2 Å². The summed E-state index contributed by atoms with van der Waals surface area (Å²) in [7, 11) is 0. The lowest BCUT2D eigenvalue weighted by molar-refractivity contribution is -0.107. The van der Waals surface area contributed by atoms with Crippen LogP contribution in [0.4, 0.5) is 0 Å². The first-order chi connectivity index (χ1) is 18.0. The van der Waals surface area contributed by atoms with Crippen molar-refractivity contribution in [3.8, 4) is 11.8 Å². The van der Waals surface area contributed by atoms with Crippen molar-refractivity contribution in [2.24, 2.45) is 10.7 Å². The number of hydrogen-bond donors (Lipinski definition) is 4. The van der Waals surface area contributed by atoms with E-state index in [1.54, 1.807) is 0 Å². The number of hydrogen-bond acceptors (Lipinski definition) is 7. The van der Waals surface area contributed by atoms with Crippen molar-refractivity contribution in [2.45, 2.75) is 31.8 Å². The molecule has 0 aliphatic carbocycles. The Morgan fingerprint density at radius 2 is 1.76 bits per heavy atom. The zero-order chi connectivity index (χ0) is 26.5. The number of rotatable bonds is 11. The molecule has 196 valence electrons. The van der Waals surface area contributed by atoms with E-state index in [4.69, 9.17) is 10.5 Å². The number of carbonyl (C=O) groups excluding carboxylic acids is 1. The van der Waals surface area contributed by atoms with Crippen LogP contribution in [0.3, 0.4) is 0 Å². The van der Waals surface area contributed by atoms with Crippen molar-refractivity contribution in [2.75, 3.05) is 39.5 Å². The number of allylic oxidation sites excluding steroid dienone is 2. The van der Waals surface area contributed by atoms with Crippen LogP contribution < -0.4 is 11.1 Å². The first kappa shape index (κ1) is 28.1. The Kier molecular flexibility index (Phi) is 11.3. The normalized spacial score (nSPS) is 16.5. The number of nitrogens with two attached hydrogens (primary N) is 1. The summed E-state index contributed by atoms with van der Waals surface area (Å²) in [5.41, 5.74) is 9.70. The number of aliphatic hydroxyl groups is 2. The van der Waals surface area contributed by atoms with Gasteiger partial charge in [-0.2, -0.15) is 0 Å². The van der Waals surface area contributed by atoms with Gasteiger partial charge < -0.3 is 26.0 Å². The molecule has 5 N–H and O–H groups in total. The number of carbonyl (C=O) groups is 1. The maximum Gasteiger partial charge on any atom is 0.186 e. The Morgan fingerprint density at radius 1 is 1.14 bits per heavy atom. The zero-order valence-electron chi connectivity index (χ0n) is 21.3. The van der Waals surface area contributed by atoms with Gasteiger partial charge in [0.2, 0.25) is 0 Å². The van der Waals surface area contributed by atoms with Gasteiger partial charge in [0, 0.05) is 55.7 Å². The highest BCUT2D eigenvalue weighted by Gasteiger charge is 2.17. The molecular formula is C29H36N4O4. The molecule has 3 rings (SSSR count). The number of morpholine rings is 1. The molecule has 1 unspecified atom stereocenters. The smallest absolute Gasteiger partial charge is 0.186 e. The predicted octanol–water partition coefficient (Wildman–Crippen LogP) is 2.32. The molecule has 0 amide bonds. The van der Waals surface area contributed by atoms with Crippen molar-refractivity contribution in [1.82, 2.24) is 10.2 Å². The molecule has 8 nitrogen and oxygen atoms in total. The Bertz CT molecular complexity index is 1110. The third-order valence-corrected chi connectivity index (χ3v) is 6.26. The highest BCUT2D eigenvalue weighted by Crippen LogP contribution is 2.25. The molecule has 2 aromatic rings. The monoisotopic (exact) mass is 504 g/mol. The Labute approximate surface area is 218 Å². The number of aliphatic imine (C=N–C) groups is 1. The molecule has 1 fully saturated rings. The number of aliphatic hydroxyl groups excluding tert-OH is 2. The van der Waals surface area contributed by atoms with Crippen LogP contribution in [-0.2, 0) is 16.1 Å². The molecule has 8 heteroatoms. The molecule has 0 aromatic heterocycles. The summed E-state index contributed by atoms with van der Waals surface area (Å²) in [5.74, 6) is 5.88. The van der Waals surface area contributed by atoms with E-state index in [0.29, 0.717) is 19.3 Å². The highest BCUT2D eigenvalue weighted by molar-refractivity contribution is 5.71. The topological polar surface area (TPSA) is 120 Å². The number of ether oxygens (including phenoxy) is 1. The first-order valence-corrected chi connectivity index (χ1v) is 12.5. The highest BCUT2D eigenvalue weighted by atomic mass is 16.5. The predicted molar refractivity (Wildman–Crippen MR) is 145 cm³/mol. The third kappa shape index (κ3) is 9.16. The minimum Gasteiger partial charge on any atom is -0.503 e. The van der Waals surface area contributed by atoms with E-state index < -0.39 is 5.76 Å². The van der Waals surface area contributed by atoms with Gasteiger partial charge in [0.1, 0.15) is 0 Å². The molecule has 0 bridgehead atoms. The molecule has 1 aliphatic heterocycles. The average Bonchev–Trinajstić information content (AvgIpc) is 2.94. The molecule has 37 heavy (non-hydrogen) atoms. The standard InChI is InChI=1S/C29H36N4O4/c1-22(19-34)31-17-27(16-28(32-21-30)29(36)20-35)26-10-8-24(9-11-26)3-2-23-4-6-25(7-5-23)18-33-12-14-37-15-13-33/h4-11,20-22,27,31,34,36H,12-19H2,1H3,(H2,30,32)/b29-28+/t22-,27?/m0/s1. The van der Waals surface area contributed by atoms with Crippen LogP contribution >= 0.6 is 0 Å². The quantitative estimate of drug-likeness (QED) is 0.0926. The fourth-order valence-corrected chi connectivity index (χ4v) is 4.02. The Balaban J connectivity index is 1.69. The molecule has 0 saturated carbocycles. The van der Waals surface area contributed by atoms with Crippen molar-refractivity contribution in [1.29, 1.82) is 0 Å². The van der Waals surface area contributed by atoms with Crippen LogP contribution in [-0.4, -0.2) is 73.2 Å². The summed E-state index contributed by atoms with van der Waals surface area (Å²) in [4.78, 5) is 17.5. The van der Waals surface area contributed by atoms with Crippen LogP contribution in [0.2, 0.25) is 0 Å². The summed E-state index contributed by atoms with van der Waals surface area (Å²) in [6.07, 6.45) is 1.71. The summed E-state index contributed by atoms with van der Waals surface area (Å²) < 4.78 is 5.41. The Morgan fingerprint density at radius 3 is 2.32 bits per heavy atom. The minimum atomic E-state index is -0.444. The minimum absolute atomic E-state index is 0.00131. The van der Waals surface area contributed by atoms with Crippen LogP contribution in [0.5, 0.6) is 0 Å². The van der Waals surface area contributed by atoms with Gasteiger partial charge in [-0.05, 0) is 42.3 Å². The van der Waals surface area contributed by atoms with Gasteiger partial charge in [0.25, 0.3) is 0 Å². The molecule has 0 spiro atoms. The maximum absolute atomic E-state index is 11.1. The van der Waals surface area contributed by atoms with Gasteiger partial charge in [-0.15, -0.1) is 0 Å². The van der Waals surface area contributed by atoms with E-state index in [1.165, 1.54) is 5.56 Å². The maximum atomic E-state index is 11.1. The Hall–Kier alpha value is -3.48. The lowest BCUT2D eigenvalue weighted by Gasteiger charge is -2.26. The second-order valence-electron chi connectivity index (χ2n) is 9.08. The van der Waals surface area contributed by atoms with E-state index in [1.807, 2.05) is 43.3 Å².